The van der Waals surface area contributed by atoms with Gasteiger partial charge < -0.3 is 9.64 Å². The second kappa shape index (κ2) is 7.70. The Balaban J connectivity index is 1.95. The van der Waals surface area contributed by atoms with Crippen LogP contribution in [-0.4, -0.2) is 44.1 Å². The zero-order chi connectivity index (χ0) is 18.7. The van der Waals surface area contributed by atoms with Crippen molar-refractivity contribution in [3.8, 4) is 0 Å². The topological polar surface area (TPSA) is 75.7 Å². The zero-order valence-electron chi connectivity index (χ0n) is 14.8. The summed E-state index contributed by atoms with van der Waals surface area (Å²) in [6.45, 7) is 5.98. The summed E-state index contributed by atoms with van der Waals surface area (Å²) in [6.07, 6.45) is 1.05. The SMILES string of the molecule is CC(C)(C)OC(=O)N1CCC[C@@H]1CNS(=O)(=O)Cc1ccccc1F. The number of amides is 1. The molecule has 8 heteroatoms. The first-order chi connectivity index (χ1) is 11.6. The van der Waals surface area contributed by atoms with E-state index in [0.29, 0.717) is 13.0 Å². The molecule has 1 aliphatic heterocycles. The molecule has 0 bridgehead atoms. The monoisotopic (exact) mass is 372 g/mol. The van der Waals surface area contributed by atoms with E-state index in [1.165, 1.54) is 18.2 Å². The van der Waals surface area contributed by atoms with Crippen molar-refractivity contribution in [1.29, 1.82) is 0 Å². The molecule has 0 aliphatic carbocycles. The van der Waals surface area contributed by atoms with E-state index in [9.17, 15) is 17.6 Å². The van der Waals surface area contributed by atoms with E-state index in [2.05, 4.69) is 4.72 Å². The summed E-state index contributed by atoms with van der Waals surface area (Å²) in [4.78, 5) is 13.8. The minimum Gasteiger partial charge on any atom is -0.444 e. The molecule has 140 valence electrons. The van der Waals surface area contributed by atoms with Gasteiger partial charge in [-0.05, 0) is 39.7 Å². The predicted molar refractivity (Wildman–Crippen MR) is 93.0 cm³/mol. The van der Waals surface area contributed by atoms with Crippen molar-refractivity contribution in [2.24, 2.45) is 0 Å². The molecule has 1 aromatic carbocycles. The molecule has 0 radical (unpaired) electrons. The first kappa shape index (κ1) is 19.7. The number of hydrogen-bond donors (Lipinski definition) is 1. The van der Waals surface area contributed by atoms with E-state index in [-0.39, 0.29) is 18.2 Å². The van der Waals surface area contributed by atoms with Gasteiger partial charge in [0.25, 0.3) is 0 Å². The van der Waals surface area contributed by atoms with Crippen molar-refractivity contribution in [3.63, 3.8) is 0 Å². The lowest BCUT2D eigenvalue weighted by atomic mass is 10.2. The molecule has 1 fully saturated rings. The number of rotatable bonds is 5. The van der Waals surface area contributed by atoms with E-state index < -0.39 is 33.3 Å². The number of ether oxygens (including phenoxy) is 1. The second-order valence-electron chi connectivity index (χ2n) is 7.17. The molecule has 1 N–H and O–H groups in total. The smallest absolute Gasteiger partial charge is 0.410 e. The van der Waals surface area contributed by atoms with Crippen LogP contribution in [0, 0.1) is 5.82 Å². The summed E-state index contributed by atoms with van der Waals surface area (Å²) in [5.41, 5.74) is -0.486. The molecular formula is C17H25FN2O4S. The van der Waals surface area contributed by atoms with Gasteiger partial charge in [0.2, 0.25) is 10.0 Å². The second-order valence-corrected chi connectivity index (χ2v) is 8.98. The summed E-state index contributed by atoms with van der Waals surface area (Å²) < 4.78 is 45.9. The molecule has 1 amide bonds. The van der Waals surface area contributed by atoms with Crippen molar-refractivity contribution in [2.45, 2.75) is 51.0 Å². The molecule has 1 saturated heterocycles. The van der Waals surface area contributed by atoms with Crippen LogP contribution in [0.25, 0.3) is 0 Å². The predicted octanol–water partition coefficient (Wildman–Crippen LogP) is 2.64. The Morgan fingerprint density at radius 2 is 2.04 bits per heavy atom. The van der Waals surface area contributed by atoms with Gasteiger partial charge in [-0.2, -0.15) is 0 Å². The van der Waals surface area contributed by atoms with Crippen molar-refractivity contribution >= 4 is 16.1 Å². The van der Waals surface area contributed by atoms with Crippen LogP contribution in [0.15, 0.2) is 24.3 Å². The molecule has 6 nitrogen and oxygen atoms in total. The third-order valence-corrected chi connectivity index (χ3v) is 5.14. The van der Waals surface area contributed by atoms with Gasteiger partial charge in [0, 0.05) is 24.7 Å². The normalized spacial score (nSPS) is 18.4. The number of nitrogens with one attached hydrogen (secondary N) is 1. The van der Waals surface area contributed by atoms with Crippen molar-refractivity contribution < 1.29 is 22.3 Å². The lowest BCUT2D eigenvalue weighted by Crippen LogP contribution is -2.45. The van der Waals surface area contributed by atoms with Crippen LogP contribution in [0.3, 0.4) is 0 Å². The van der Waals surface area contributed by atoms with Crippen LogP contribution in [0.1, 0.15) is 39.2 Å². The average molecular weight is 372 g/mol. The number of likely N-dealkylation sites (tertiary alicyclic amines) is 1. The minimum atomic E-state index is -3.70. The van der Waals surface area contributed by atoms with Gasteiger partial charge in [-0.25, -0.2) is 22.3 Å². The molecule has 0 aromatic heterocycles. The highest BCUT2D eigenvalue weighted by atomic mass is 32.2. The number of nitrogens with zero attached hydrogens (tertiary/aromatic N) is 1. The first-order valence-electron chi connectivity index (χ1n) is 8.28. The van der Waals surface area contributed by atoms with Crippen LogP contribution in [0.5, 0.6) is 0 Å². The molecule has 1 atom stereocenters. The summed E-state index contributed by atoms with van der Waals surface area (Å²) >= 11 is 0. The minimum absolute atomic E-state index is 0.0933. The Bertz CT molecular complexity index is 716. The Hall–Kier alpha value is -1.67. The van der Waals surface area contributed by atoms with Crippen molar-refractivity contribution in [1.82, 2.24) is 9.62 Å². The highest BCUT2D eigenvalue weighted by molar-refractivity contribution is 7.88. The number of halogens is 1. The molecule has 0 unspecified atom stereocenters. The van der Waals surface area contributed by atoms with Crippen LogP contribution in [0.2, 0.25) is 0 Å². The first-order valence-corrected chi connectivity index (χ1v) is 9.93. The van der Waals surface area contributed by atoms with Gasteiger partial charge in [-0.3, -0.25) is 0 Å². The van der Waals surface area contributed by atoms with Gasteiger partial charge in [0.15, 0.2) is 0 Å². The lowest BCUT2D eigenvalue weighted by molar-refractivity contribution is 0.0229. The molecule has 0 spiro atoms. The van der Waals surface area contributed by atoms with Gasteiger partial charge in [-0.15, -0.1) is 0 Å². The van der Waals surface area contributed by atoms with Crippen LogP contribution < -0.4 is 4.72 Å². The van der Waals surface area contributed by atoms with Gasteiger partial charge in [0.05, 0.1) is 5.75 Å². The summed E-state index contributed by atoms with van der Waals surface area (Å²) in [6, 6.07) is 5.51. The number of carbonyl (C=O) groups excluding carboxylic acids is 1. The van der Waals surface area contributed by atoms with E-state index in [1.54, 1.807) is 31.7 Å². The maximum Gasteiger partial charge on any atom is 0.410 e. The third kappa shape index (κ3) is 5.97. The lowest BCUT2D eigenvalue weighted by Gasteiger charge is -2.28. The number of hydrogen-bond acceptors (Lipinski definition) is 4. The fourth-order valence-electron chi connectivity index (χ4n) is 2.70. The van der Waals surface area contributed by atoms with E-state index in [1.807, 2.05) is 0 Å². The standard InChI is InChI=1S/C17H25FN2O4S/c1-17(2,3)24-16(21)20-10-6-8-14(20)11-19-25(22,23)12-13-7-4-5-9-15(13)18/h4-5,7,9,14,19H,6,8,10-12H2,1-3H3/t14-/m1/s1. The van der Waals surface area contributed by atoms with Gasteiger partial charge in [0.1, 0.15) is 11.4 Å². The maximum absolute atomic E-state index is 13.6. The highest BCUT2D eigenvalue weighted by Gasteiger charge is 2.32. The highest BCUT2D eigenvalue weighted by Crippen LogP contribution is 2.20. The van der Waals surface area contributed by atoms with E-state index in [4.69, 9.17) is 4.74 Å². The Morgan fingerprint density at radius 3 is 2.68 bits per heavy atom. The quantitative estimate of drug-likeness (QED) is 0.862. The molecular weight excluding hydrogens is 347 g/mol. The van der Waals surface area contributed by atoms with Gasteiger partial charge >= 0.3 is 6.09 Å². The Labute approximate surface area is 148 Å². The van der Waals surface area contributed by atoms with Crippen LogP contribution >= 0.6 is 0 Å². The molecule has 25 heavy (non-hydrogen) atoms. The molecule has 1 heterocycles. The molecule has 1 aromatic rings. The van der Waals surface area contributed by atoms with Crippen molar-refractivity contribution in [2.75, 3.05) is 13.1 Å². The zero-order valence-corrected chi connectivity index (χ0v) is 15.6. The molecule has 2 rings (SSSR count). The third-order valence-electron chi connectivity index (χ3n) is 3.85. The summed E-state index contributed by atoms with van der Waals surface area (Å²) in [7, 11) is -3.70. The Kier molecular flexibility index (Phi) is 6.05. The fourth-order valence-corrected chi connectivity index (χ4v) is 3.90. The van der Waals surface area contributed by atoms with Crippen LogP contribution in [0.4, 0.5) is 9.18 Å². The summed E-state index contributed by atoms with van der Waals surface area (Å²) in [5.74, 6) is -0.983. The average Bonchev–Trinajstić information content (AvgIpc) is 2.94. The number of carbonyl (C=O) groups is 1. The number of sulfonamides is 1. The van der Waals surface area contributed by atoms with Gasteiger partial charge in [-0.1, -0.05) is 18.2 Å². The largest absolute Gasteiger partial charge is 0.444 e. The fraction of sp³-hybridized carbons (Fsp3) is 0.588. The van der Waals surface area contributed by atoms with E-state index in [0.717, 1.165) is 6.42 Å². The van der Waals surface area contributed by atoms with E-state index >= 15 is 0 Å². The van der Waals surface area contributed by atoms with Crippen molar-refractivity contribution in [3.05, 3.63) is 35.6 Å². The maximum atomic E-state index is 13.6. The number of benzene rings is 1. The molecule has 1 aliphatic rings. The van der Waals surface area contributed by atoms with Crippen LogP contribution in [-0.2, 0) is 20.5 Å². The molecule has 0 saturated carbocycles. The Morgan fingerprint density at radius 1 is 1.36 bits per heavy atom. The summed E-state index contributed by atoms with van der Waals surface area (Å²) in [5, 5.41) is 0.